The quantitative estimate of drug-likeness (QED) is 0.334. The van der Waals surface area contributed by atoms with Gasteiger partial charge in [-0.15, -0.1) is 0 Å². The maximum absolute atomic E-state index is 11.8. The maximum Gasteiger partial charge on any atom is 0.303 e. The number of aliphatic hydroxyl groups excluding tert-OH is 1. The maximum atomic E-state index is 11.8. The summed E-state index contributed by atoms with van der Waals surface area (Å²) >= 11 is 0. The van der Waals surface area contributed by atoms with E-state index in [4.69, 9.17) is 5.11 Å². The molecule has 2 N–H and O–H groups in total. The topological polar surface area (TPSA) is 91.7 Å². The molecule has 0 bridgehead atoms. The van der Waals surface area contributed by atoms with Crippen molar-refractivity contribution in [2.75, 3.05) is 0 Å². The molecular formula is C14H20O5. The van der Waals surface area contributed by atoms with Crippen LogP contribution in [0.2, 0.25) is 0 Å². The van der Waals surface area contributed by atoms with E-state index >= 15 is 0 Å². The first-order chi connectivity index (χ1) is 8.95. The molecule has 0 heterocycles. The van der Waals surface area contributed by atoms with Gasteiger partial charge >= 0.3 is 5.97 Å². The summed E-state index contributed by atoms with van der Waals surface area (Å²) in [6.45, 7) is 1.70. The van der Waals surface area contributed by atoms with E-state index in [0.29, 0.717) is 19.3 Å². The van der Waals surface area contributed by atoms with Crippen molar-refractivity contribution >= 4 is 17.5 Å². The number of hydrogen-bond donors (Lipinski definition) is 2. The van der Waals surface area contributed by atoms with Gasteiger partial charge in [0, 0.05) is 25.7 Å². The predicted octanol–water partition coefficient (Wildman–Crippen LogP) is 2.40. The smallest absolute Gasteiger partial charge is 0.303 e. The number of carbonyl (C=O) groups is 3. The van der Waals surface area contributed by atoms with Crippen LogP contribution in [-0.2, 0) is 14.4 Å². The minimum Gasteiger partial charge on any atom is -0.511 e. The average molecular weight is 268 g/mol. The van der Waals surface area contributed by atoms with Crippen molar-refractivity contribution in [2.45, 2.75) is 51.9 Å². The number of rotatable bonds is 6. The van der Waals surface area contributed by atoms with Crippen molar-refractivity contribution in [1.29, 1.82) is 0 Å². The summed E-state index contributed by atoms with van der Waals surface area (Å²) in [5.74, 6) is -1.51. The fourth-order valence-electron chi connectivity index (χ4n) is 2.37. The second kappa shape index (κ2) is 7.07. The Morgan fingerprint density at radius 2 is 1.74 bits per heavy atom. The highest BCUT2D eigenvalue weighted by molar-refractivity contribution is 6.22. The number of hydrogen-bond acceptors (Lipinski definition) is 4. The van der Waals surface area contributed by atoms with Gasteiger partial charge in [0.05, 0.1) is 5.57 Å². The van der Waals surface area contributed by atoms with E-state index in [1.165, 1.54) is 0 Å². The van der Waals surface area contributed by atoms with Crippen molar-refractivity contribution in [3.05, 3.63) is 11.3 Å². The van der Waals surface area contributed by atoms with Crippen LogP contribution in [0.3, 0.4) is 0 Å². The van der Waals surface area contributed by atoms with E-state index in [2.05, 4.69) is 0 Å². The molecule has 5 nitrogen and oxygen atoms in total. The van der Waals surface area contributed by atoms with Crippen molar-refractivity contribution in [1.82, 2.24) is 0 Å². The number of carboxylic acids is 1. The van der Waals surface area contributed by atoms with Gasteiger partial charge in [-0.3, -0.25) is 14.4 Å². The number of aliphatic carboxylic acids is 1. The lowest BCUT2D eigenvalue weighted by Crippen LogP contribution is -2.27. The first-order valence-corrected chi connectivity index (χ1v) is 6.66. The standard InChI is InChI=1S/C14H20O5/c1-2-10(15)14-11(16)7-9(8-12(14)17)5-3-4-6-13(18)19/h9,15H,2-8H2,1H3,(H,18,19). The lowest BCUT2D eigenvalue weighted by molar-refractivity contribution is -0.137. The minimum atomic E-state index is -0.825. The SMILES string of the molecule is CCC(O)=C1C(=O)CC(CCCCC(=O)O)CC1=O. The molecule has 0 radical (unpaired) electrons. The molecule has 0 atom stereocenters. The molecule has 0 aromatic rings. The molecule has 0 saturated heterocycles. The highest BCUT2D eigenvalue weighted by atomic mass is 16.4. The third-order valence-electron chi connectivity index (χ3n) is 3.38. The number of ketones is 2. The summed E-state index contributed by atoms with van der Waals surface area (Å²) in [5, 5.41) is 18.1. The van der Waals surface area contributed by atoms with Gasteiger partial charge in [0.15, 0.2) is 11.6 Å². The molecule has 1 aliphatic carbocycles. The molecule has 0 aromatic carbocycles. The molecule has 5 heteroatoms. The summed E-state index contributed by atoms with van der Waals surface area (Å²) in [5.41, 5.74) is -0.0238. The van der Waals surface area contributed by atoms with E-state index in [1.807, 2.05) is 0 Å². The zero-order chi connectivity index (χ0) is 14.4. The number of allylic oxidation sites excluding steroid dienone is 2. The third-order valence-corrected chi connectivity index (χ3v) is 3.38. The average Bonchev–Trinajstić information content (AvgIpc) is 2.33. The Kier molecular flexibility index (Phi) is 5.73. The second-order valence-corrected chi connectivity index (χ2v) is 4.94. The van der Waals surface area contributed by atoms with E-state index in [0.717, 1.165) is 0 Å². The molecule has 19 heavy (non-hydrogen) atoms. The van der Waals surface area contributed by atoms with Crippen LogP contribution in [0.5, 0.6) is 0 Å². The monoisotopic (exact) mass is 268 g/mol. The first kappa shape index (κ1) is 15.4. The Balaban J connectivity index is 2.50. The second-order valence-electron chi connectivity index (χ2n) is 4.94. The van der Waals surface area contributed by atoms with Crippen LogP contribution in [-0.4, -0.2) is 27.7 Å². The number of unbranched alkanes of at least 4 members (excludes halogenated alkanes) is 1. The van der Waals surface area contributed by atoms with Gasteiger partial charge in [0.1, 0.15) is 5.76 Å². The van der Waals surface area contributed by atoms with Crippen molar-refractivity contribution in [3.63, 3.8) is 0 Å². The van der Waals surface area contributed by atoms with Crippen LogP contribution in [0.4, 0.5) is 0 Å². The van der Waals surface area contributed by atoms with Crippen LogP contribution >= 0.6 is 0 Å². The summed E-state index contributed by atoms with van der Waals surface area (Å²) in [6, 6.07) is 0. The lowest BCUT2D eigenvalue weighted by atomic mass is 9.80. The fraction of sp³-hybridized carbons (Fsp3) is 0.643. The Labute approximate surface area is 112 Å². The number of Topliss-reactive ketones (excluding diaryl/α,β-unsaturated/α-hetero) is 2. The Hall–Kier alpha value is -1.65. The van der Waals surface area contributed by atoms with Crippen LogP contribution in [0.15, 0.2) is 11.3 Å². The van der Waals surface area contributed by atoms with Gasteiger partial charge in [-0.1, -0.05) is 13.3 Å². The normalized spacial score (nSPS) is 19.6. The third kappa shape index (κ3) is 4.50. The molecular weight excluding hydrogens is 248 g/mol. The zero-order valence-corrected chi connectivity index (χ0v) is 11.1. The van der Waals surface area contributed by atoms with E-state index in [1.54, 1.807) is 6.92 Å². The van der Waals surface area contributed by atoms with Gasteiger partial charge in [0.25, 0.3) is 0 Å². The van der Waals surface area contributed by atoms with Crippen LogP contribution in [0.1, 0.15) is 51.9 Å². The Bertz CT molecular complexity index is 388. The van der Waals surface area contributed by atoms with Crippen molar-refractivity contribution in [2.24, 2.45) is 5.92 Å². The molecule has 0 amide bonds. The van der Waals surface area contributed by atoms with Gasteiger partial charge < -0.3 is 10.2 Å². The molecule has 0 unspecified atom stereocenters. The van der Waals surface area contributed by atoms with Gasteiger partial charge in [-0.25, -0.2) is 0 Å². The molecule has 0 spiro atoms. The number of carboxylic acid groups (broad SMARTS) is 1. The highest BCUT2D eigenvalue weighted by Crippen LogP contribution is 2.28. The summed E-state index contributed by atoms with van der Waals surface area (Å²) in [6.07, 6.45) is 2.92. The molecule has 0 aliphatic heterocycles. The van der Waals surface area contributed by atoms with Crippen LogP contribution in [0.25, 0.3) is 0 Å². The molecule has 1 saturated carbocycles. The Morgan fingerprint density at radius 3 is 2.21 bits per heavy atom. The molecule has 1 fully saturated rings. The van der Waals surface area contributed by atoms with Gasteiger partial charge in [-0.2, -0.15) is 0 Å². The molecule has 106 valence electrons. The summed E-state index contributed by atoms with van der Waals surface area (Å²) in [7, 11) is 0. The lowest BCUT2D eigenvalue weighted by Gasteiger charge is -2.22. The van der Waals surface area contributed by atoms with Gasteiger partial charge in [-0.05, 0) is 18.8 Å². The fourth-order valence-corrected chi connectivity index (χ4v) is 2.37. The number of aliphatic hydroxyl groups is 1. The molecule has 1 rings (SSSR count). The zero-order valence-electron chi connectivity index (χ0n) is 11.1. The predicted molar refractivity (Wildman–Crippen MR) is 68.8 cm³/mol. The highest BCUT2D eigenvalue weighted by Gasteiger charge is 2.32. The molecule has 1 aliphatic rings. The summed E-state index contributed by atoms with van der Waals surface area (Å²) < 4.78 is 0. The summed E-state index contributed by atoms with van der Waals surface area (Å²) in [4.78, 5) is 34.0. The van der Waals surface area contributed by atoms with E-state index < -0.39 is 5.97 Å². The van der Waals surface area contributed by atoms with Crippen molar-refractivity contribution < 1.29 is 24.6 Å². The van der Waals surface area contributed by atoms with Gasteiger partial charge in [0.2, 0.25) is 0 Å². The largest absolute Gasteiger partial charge is 0.511 e. The first-order valence-electron chi connectivity index (χ1n) is 6.66. The number of carbonyl (C=O) groups excluding carboxylic acids is 2. The van der Waals surface area contributed by atoms with Crippen LogP contribution < -0.4 is 0 Å². The van der Waals surface area contributed by atoms with Crippen LogP contribution in [0, 0.1) is 5.92 Å². The van der Waals surface area contributed by atoms with E-state index in [-0.39, 0.29) is 54.5 Å². The van der Waals surface area contributed by atoms with Crippen molar-refractivity contribution in [3.8, 4) is 0 Å². The minimum absolute atomic E-state index is 0.0119. The Morgan fingerprint density at radius 1 is 1.16 bits per heavy atom. The van der Waals surface area contributed by atoms with E-state index in [9.17, 15) is 19.5 Å². The molecule has 0 aromatic heterocycles.